The number of benzene rings is 1. The van der Waals surface area contributed by atoms with Gasteiger partial charge in [0.15, 0.2) is 0 Å². The normalized spacial score (nSPS) is 20.4. The summed E-state index contributed by atoms with van der Waals surface area (Å²) in [5.74, 6) is 1.22. The second-order valence-corrected chi connectivity index (χ2v) is 5.61. The van der Waals surface area contributed by atoms with Crippen molar-refractivity contribution in [2.75, 3.05) is 19.7 Å². The first-order valence-electron chi connectivity index (χ1n) is 7.67. The van der Waals surface area contributed by atoms with Crippen LogP contribution in [0.25, 0.3) is 0 Å². The summed E-state index contributed by atoms with van der Waals surface area (Å²) < 4.78 is 5.78. The van der Waals surface area contributed by atoms with E-state index in [4.69, 9.17) is 4.74 Å². The number of hydrogen-bond donors (Lipinski definition) is 0. The maximum Gasteiger partial charge on any atom is 0.131 e. The van der Waals surface area contributed by atoms with Gasteiger partial charge in [0.2, 0.25) is 0 Å². The molecule has 3 heteroatoms. The molecule has 1 aromatic carbocycles. The molecule has 1 fully saturated rings. The van der Waals surface area contributed by atoms with Gasteiger partial charge in [0.05, 0.1) is 0 Å². The Balaban J connectivity index is 1.82. The van der Waals surface area contributed by atoms with Crippen LogP contribution in [0.5, 0.6) is 5.75 Å². The van der Waals surface area contributed by atoms with E-state index in [0.29, 0.717) is 24.9 Å². The van der Waals surface area contributed by atoms with Crippen LogP contribution in [0.1, 0.15) is 39.0 Å². The van der Waals surface area contributed by atoms with Crippen LogP contribution in [0, 0.1) is 0 Å². The molecule has 3 nitrogen and oxygen atoms in total. The topological polar surface area (TPSA) is 29.5 Å². The number of hydrogen-bond acceptors (Lipinski definition) is 3. The molecule has 2 rings (SSSR count). The Labute approximate surface area is 121 Å². The summed E-state index contributed by atoms with van der Waals surface area (Å²) in [4.78, 5) is 13.8. The summed E-state index contributed by atoms with van der Waals surface area (Å²) >= 11 is 0. The second kappa shape index (κ2) is 8.05. The summed E-state index contributed by atoms with van der Waals surface area (Å²) in [6.45, 7) is 4.39. The molecule has 1 saturated heterocycles. The third-order valence-corrected chi connectivity index (χ3v) is 3.91. The molecule has 0 radical (unpaired) electrons. The van der Waals surface area contributed by atoms with Crippen LogP contribution in [0.3, 0.4) is 0 Å². The summed E-state index contributed by atoms with van der Waals surface area (Å²) in [5, 5.41) is 0. The van der Waals surface area contributed by atoms with E-state index >= 15 is 0 Å². The van der Waals surface area contributed by atoms with Gasteiger partial charge < -0.3 is 4.74 Å². The number of ether oxygens (including phenoxy) is 1. The van der Waals surface area contributed by atoms with Gasteiger partial charge in [-0.15, -0.1) is 0 Å². The molecule has 0 aromatic heterocycles. The van der Waals surface area contributed by atoms with E-state index in [2.05, 4.69) is 4.90 Å². The number of ketones is 1. The van der Waals surface area contributed by atoms with Gasteiger partial charge in [-0.2, -0.15) is 0 Å². The lowest BCUT2D eigenvalue weighted by Gasteiger charge is -2.29. The molecule has 1 unspecified atom stereocenters. The SMILES string of the molecule is CC(=O)CC1CCCCCN1CCOc1ccccc1. The first kappa shape index (κ1) is 15.0. The van der Waals surface area contributed by atoms with Gasteiger partial charge >= 0.3 is 0 Å². The zero-order chi connectivity index (χ0) is 14.2. The van der Waals surface area contributed by atoms with Crippen LogP contribution in [0.15, 0.2) is 30.3 Å². The average Bonchev–Trinajstić information content (AvgIpc) is 2.65. The van der Waals surface area contributed by atoms with Crippen LogP contribution in [0.2, 0.25) is 0 Å². The molecule has 20 heavy (non-hydrogen) atoms. The molecule has 0 saturated carbocycles. The molecule has 1 heterocycles. The largest absolute Gasteiger partial charge is 0.492 e. The predicted octanol–water partition coefficient (Wildman–Crippen LogP) is 3.29. The van der Waals surface area contributed by atoms with Crippen molar-refractivity contribution in [3.8, 4) is 5.75 Å². The number of para-hydroxylation sites is 1. The van der Waals surface area contributed by atoms with Crippen molar-refractivity contribution in [2.24, 2.45) is 0 Å². The quantitative estimate of drug-likeness (QED) is 0.798. The lowest BCUT2D eigenvalue weighted by molar-refractivity contribution is -0.118. The molecule has 0 aliphatic carbocycles. The van der Waals surface area contributed by atoms with Crippen LogP contribution in [-0.4, -0.2) is 36.4 Å². The zero-order valence-electron chi connectivity index (χ0n) is 12.4. The Hall–Kier alpha value is -1.35. The molecule has 0 N–H and O–H groups in total. The van der Waals surface area contributed by atoms with Gasteiger partial charge in [-0.05, 0) is 38.4 Å². The highest BCUT2D eigenvalue weighted by molar-refractivity contribution is 5.76. The van der Waals surface area contributed by atoms with E-state index < -0.39 is 0 Å². The highest BCUT2D eigenvalue weighted by Crippen LogP contribution is 2.19. The lowest BCUT2D eigenvalue weighted by atomic mass is 10.0. The van der Waals surface area contributed by atoms with E-state index in [1.807, 2.05) is 30.3 Å². The molecule has 1 aliphatic heterocycles. The van der Waals surface area contributed by atoms with Gasteiger partial charge in [0.25, 0.3) is 0 Å². The standard InChI is InChI=1S/C17H25NO2/c1-15(19)14-16-8-4-3-7-11-18(16)12-13-20-17-9-5-2-6-10-17/h2,5-6,9-10,16H,3-4,7-8,11-14H2,1H3. The number of rotatable bonds is 6. The third-order valence-electron chi connectivity index (χ3n) is 3.91. The molecule has 110 valence electrons. The van der Waals surface area contributed by atoms with Crippen molar-refractivity contribution in [1.29, 1.82) is 0 Å². The summed E-state index contributed by atoms with van der Waals surface area (Å²) in [6.07, 6.45) is 5.59. The molecule has 1 atom stereocenters. The number of Topliss-reactive ketones (excluding diaryl/α,β-unsaturated/α-hetero) is 1. The highest BCUT2D eigenvalue weighted by atomic mass is 16.5. The van der Waals surface area contributed by atoms with E-state index in [0.717, 1.165) is 25.3 Å². The van der Waals surface area contributed by atoms with Crippen LogP contribution in [-0.2, 0) is 4.79 Å². The van der Waals surface area contributed by atoms with Gasteiger partial charge in [-0.25, -0.2) is 0 Å². The van der Waals surface area contributed by atoms with Gasteiger partial charge in [-0.3, -0.25) is 9.69 Å². The van der Waals surface area contributed by atoms with E-state index in [1.165, 1.54) is 19.3 Å². The van der Waals surface area contributed by atoms with Crippen LogP contribution in [0.4, 0.5) is 0 Å². The number of carbonyl (C=O) groups excluding carboxylic acids is 1. The van der Waals surface area contributed by atoms with Crippen molar-refractivity contribution >= 4 is 5.78 Å². The molecule has 1 aliphatic rings. The predicted molar refractivity (Wildman–Crippen MR) is 81.1 cm³/mol. The van der Waals surface area contributed by atoms with Gasteiger partial charge in [0.1, 0.15) is 18.1 Å². The zero-order valence-corrected chi connectivity index (χ0v) is 12.4. The minimum atomic E-state index is 0.297. The van der Waals surface area contributed by atoms with Crippen LogP contribution >= 0.6 is 0 Å². The molecule has 0 amide bonds. The Morgan fingerprint density at radius 2 is 2.05 bits per heavy atom. The van der Waals surface area contributed by atoms with Crippen molar-refractivity contribution in [2.45, 2.75) is 45.1 Å². The highest BCUT2D eigenvalue weighted by Gasteiger charge is 2.21. The number of nitrogens with zero attached hydrogens (tertiary/aromatic N) is 1. The Morgan fingerprint density at radius 3 is 2.80 bits per heavy atom. The fourth-order valence-electron chi connectivity index (χ4n) is 2.89. The second-order valence-electron chi connectivity index (χ2n) is 5.61. The summed E-state index contributed by atoms with van der Waals surface area (Å²) in [7, 11) is 0. The molecular formula is C17H25NO2. The maximum atomic E-state index is 11.4. The lowest BCUT2D eigenvalue weighted by Crippen LogP contribution is -2.38. The van der Waals surface area contributed by atoms with Crippen molar-refractivity contribution in [3.05, 3.63) is 30.3 Å². The van der Waals surface area contributed by atoms with Crippen molar-refractivity contribution in [3.63, 3.8) is 0 Å². The number of carbonyl (C=O) groups is 1. The molecular weight excluding hydrogens is 250 g/mol. The third kappa shape index (κ3) is 4.97. The van der Waals surface area contributed by atoms with Crippen LogP contribution < -0.4 is 4.74 Å². The van der Waals surface area contributed by atoms with Crippen molar-refractivity contribution < 1.29 is 9.53 Å². The fourth-order valence-corrected chi connectivity index (χ4v) is 2.89. The molecule has 0 bridgehead atoms. The van der Waals surface area contributed by atoms with Gasteiger partial charge in [-0.1, -0.05) is 31.0 Å². The molecule has 1 aromatic rings. The minimum Gasteiger partial charge on any atom is -0.492 e. The Bertz CT molecular complexity index is 405. The summed E-state index contributed by atoms with van der Waals surface area (Å²) in [5.41, 5.74) is 0. The Kier molecular flexibility index (Phi) is 6.06. The van der Waals surface area contributed by atoms with Crippen molar-refractivity contribution in [1.82, 2.24) is 4.90 Å². The van der Waals surface area contributed by atoms with E-state index in [1.54, 1.807) is 6.92 Å². The molecule has 0 spiro atoms. The van der Waals surface area contributed by atoms with Gasteiger partial charge in [0, 0.05) is 19.0 Å². The minimum absolute atomic E-state index is 0.297. The first-order valence-corrected chi connectivity index (χ1v) is 7.67. The maximum absolute atomic E-state index is 11.4. The van der Waals surface area contributed by atoms with E-state index in [9.17, 15) is 4.79 Å². The first-order chi connectivity index (χ1) is 9.75. The average molecular weight is 275 g/mol. The smallest absolute Gasteiger partial charge is 0.131 e. The monoisotopic (exact) mass is 275 g/mol. The summed E-state index contributed by atoms with van der Waals surface area (Å²) in [6, 6.07) is 10.3. The van der Waals surface area contributed by atoms with E-state index in [-0.39, 0.29) is 0 Å². The Morgan fingerprint density at radius 1 is 1.25 bits per heavy atom. The number of likely N-dealkylation sites (tertiary alicyclic amines) is 1. The fraction of sp³-hybridized carbons (Fsp3) is 0.588.